The van der Waals surface area contributed by atoms with Crippen LogP contribution in [0.4, 0.5) is 0 Å². The van der Waals surface area contributed by atoms with Crippen LogP contribution in [0.25, 0.3) is 0 Å². The van der Waals surface area contributed by atoms with Crippen LogP contribution >= 0.6 is 38.9 Å². The Balaban J connectivity index is 2.08. The number of nitrogens with zero attached hydrogens (tertiary/aromatic N) is 1. The molecule has 1 heterocycles. The Morgan fingerprint density at radius 1 is 1.37 bits per heavy atom. The summed E-state index contributed by atoms with van der Waals surface area (Å²) in [4.78, 5) is 3.47. The monoisotopic (exact) mass is 358 g/mol. The molecule has 1 aromatic carbocycles. The lowest BCUT2D eigenvalue weighted by molar-refractivity contribution is 0.245. The number of halogens is 2. The summed E-state index contributed by atoms with van der Waals surface area (Å²) in [6, 6.07) is 10.6. The van der Waals surface area contributed by atoms with Gasteiger partial charge in [-0.1, -0.05) is 39.7 Å². The molecule has 0 fully saturated rings. The van der Waals surface area contributed by atoms with Crippen LogP contribution in [-0.4, -0.2) is 18.5 Å². The van der Waals surface area contributed by atoms with Gasteiger partial charge in [-0.25, -0.2) is 0 Å². The summed E-state index contributed by atoms with van der Waals surface area (Å²) in [5.74, 6) is 0. The lowest BCUT2D eigenvalue weighted by Gasteiger charge is -2.26. The van der Waals surface area contributed by atoms with Crippen molar-refractivity contribution in [2.45, 2.75) is 12.6 Å². The van der Waals surface area contributed by atoms with Crippen molar-refractivity contribution in [1.29, 1.82) is 0 Å². The molecule has 2 N–H and O–H groups in total. The molecule has 0 aliphatic carbocycles. The van der Waals surface area contributed by atoms with Crippen molar-refractivity contribution in [1.82, 2.24) is 4.90 Å². The Morgan fingerprint density at radius 3 is 2.58 bits per heavy atom. The molecule has 2 nitrogen and oxygen atoms in total. The second-order valence-electron chi connectivity index (χ2n) is 4.46. The number of hydrogen-bond donors (Lipinski definition) is 1. The van der Waals surface area contributed by atoms with E-state index in [1.807, 2.05) is 11.4 Å². The van der Waals surface area contributed by atoms with E-state index in [1.54, 1.807) is 11.3 Å². The summed E-state index contributed by atoms with van der Waals surface area (Å²) in [5.41, 5.74) is 7.18. The van der Waals surface area contributed by atoms with Crippen LogP contribution in [0.3, 0.4) is 0 Å². The maximum absolute atomic E-state index is 5.99. The van der Waals surface area contributed by atoms with Crippen LogP contribution in [0.15, 0.2) is 40.2 Å². The minimum absolute atomic E-state index is 0.209. The molecule has 0 spiro atoms. The Labute approximate surface area is 131 Å². The quantitative estimate of drug-likeness (QED) is 0.862. The highest BCUT2D eigenvalue weighted by Gasteiger charge is 2.17. The van der Waals surface area contributed by atoms with Gasteiger partial charge >= 0.3 is 0 Å². The molecule has 0 aliphatic heterocycles. The lowest BCUT2D eigenvalue weighted by Crippen LogP contribution is -2.29. The predicted octanol–water partition coefficient (Wildman–Crippen LogP) is 4.30. The molecule has 19 heavy (non-hydrogen) atoms. The molecule has 0 saturated heterocycles. The summed E-state index contributed by atoms with van der Waals surface area (Å²) in [6.45, 7) is 1.45. The van der Waals surface area contributed by atoms with E-state index in [0.29, 0.717) is 6.54 Å². The van der Waals surface area contributed by atoms with Gasteiger partial charge in [0.05, 0.1) is 11.1 Å². The largest absolute Gasteiger partial charge is 0.329 e. The predicted molar refractivity (Wildman–Crippen MR) is 86.7 cm³/mol. The first-order valence-corrected chi connectivity index (χ1v) is 8.04. The average molecular weight is 360 g/mol. The van der Waals surface area contributed by atoms with E-state index in [0.717, 1.165) is 16.0 Å². The van der Waals surface area contributed by atoms with E-state index in [4.69, 9.17) is 17.3 Å². The van der Waals surface area contributed by atoms with Gasteiger partial charge in [-0.2, -0.15) is 0 Å². The van der Waals surface area contributed by atoms with Gasteiger partial charge in [-0.3, -0.25) is 4.90 Å². The zero-order valence-electron chi connectivity index (χ0n) is 10.6. The third-order valence-corrected chi connectivity index (χ3v) is 4.93. The van der Waals surface area contributed by atoms with Crippen LogP contribution in [-0.2, 0) is 6.54 Å². The standard InChI is InChI=1S/C14H16BrClN2S/c1-18(8-10-2-4-11(15)5-3-10)13(7-17)14-6-12(16)9-19-14/h2-6,9,13H,7-8,17H2,1H3. The molecule has 2 rings (SSSR count). The van der Waals surface area contributed by atoms with Gasteiger partial charge in [0.1, 0.15) is 0 Å². The first kappa shape index (κ1) is 15.0. The number of nitrogens with two attached hydrogens (primary N) is 1. The van der Waals surface area contributed by atoms with E-state index in [1.165, 1.54) is 10.4 Å². The number of thiophene rings is 1. The van der Waals surface area contributed by atoms with Crippen molar-refractivity contribution in [3.8, 4) is 0 Å². The molecule has 5 heteroatoms. The van der Waals surface area contributed by atoms with E-state index in [-0.39, 0.29) is 6.04 Å². The number of likely N-dealkylation sites (N-methyl/N-ethyl adjacent to an activating group) is 1. The second-order valence-corrected chi connectivity index (χ2v) is 6.76. The number of hydrogen-bond acceptors (Lipinski definition) is 3. The first-order chi connectivity index (χ1) is 9.10. The van der Waals surface area contributed by atoms with Crippen molar-refractivity contribution in [2.75, 3.05) is 13.6 Å². The van der Waals surface area contributed by atoms with Gasteiger partial charge in [0.2, 0.25) is 0 Å². The molecule has 0 radical (unpaired) electrons. The van der Waals surface area contributed by atoms with E-state index >= 15 is 0 Å². The normalized spacial score (nSPS) is 12.9. The molecule has 0 bridgehead atoms. The SMILES string of the molecule is CN(Cc1ccc(Br)cc1)C(CN)c1cc(Cl)cs1. The number of benzene rings is 1. The van der Waals surface area contributed by atoms with E-state index in [9.17, 15) is 0 Å². The maximum Gasteiger partial charge on any atom is 0.0565 e. The molecule has 102 valence electrons. The minimum atomic E-state index is 0.209. The van der Waals surface area contributed by atoms with Gasteiger partial charge in [0.25, 0.3) is 0 Å². The van der Waals surface area contributed by atoms with Gasteiger partial charge in [-0.05, 0) is 30.8 Å². The summed E-state index contributed by atoms with van der Waals surface area (Å²) in [6.07, 6.45) is 0. The van der Waals surface area contributed by atoms with Gasteiger partial charge in [-0.15, -0.1) is 11.3 Å². The topological polar surface area (TPSA) is 29.3 Å². The molecule has 1 unspecified atom stereocenters. The molecule has 0 saturated carbocycles. The zero-order valence-corrected chi connectivity index (χ0v) is 13.8. The smallest absolute Gasteiger partial charge is 0.0565 e. The third-order valence-electron chi connectivity index (χ3n) is 3.02. The van der Waals surface area contributed by atoms with E-state index < -0.39 is 0 Å². The Hall–Kier alpha value is -0.390. The summed E-state index contributed by atoms with van der Waals surface area (Å²) >= 11 is 11.1. The minimum Gasteiger partial charge on any atom is -0.329 e. The maximum atomic E-state index is 5.99. The molecular formula is C14H16BrClN2S. The highest BCUT2D eigenvalue weighted by atomic mass is 79.9. The van der Waals surface area contributed by atoms with Crippen molar-refractivity contribution in [3.63, 3.8) is 0 Å². The van der Waals surface area contributed by atoms with Crippen LogP contribution in [0, 0.1) is 0 Å². The number of rotatable bonds is 5. The molecule has 0 amide bonds. The average Bonchev–Trinajstić information content (AvgIpc) is 2.80. The van der Waals surface area contributed by atoms with Crippen LogP contribution in [0.1, 0.15) is 16.5 Å². The van der Waals surface area contributed by atoms with Crippen LogP contribution in [0.2, 0.25) is 5.02 Å². The Bertz CT molecular complexity index is 526. The van der Waals surface area contributed by atoms with Gasteiger partial charge < -0.3 is 5.73 Å². The molecule has 2 aromatic rings. The Morgan fingerprint density at radius 2 is 2.05 bits per heavy atom. The van der Waals surface area contributed by atoms with Crippen LogP contribution in [0.5, 0.6) is 0 Å². The third kappa shape index (κ3) is 4.04. The zero-order chi connectivity index (χ0) is 13.8. The fourth-order valence-corrected chi connectivity index (χ4v) is 3.53. The fourth-order valence-electron chi connectivity index (χ4n) is 2.00. The molecule has 1 aromatic heterocycles. The molecular weight excluding hydrogens is 344 g/mol. The summed E-state index contributed by atoms with van der Waals surface area (Å²) in [5, 5.41) is 2.74. The van der Waals surface area contributed by atoms with Crippen molar-refractivity contribution >= 4 is 38.9 Å². The fraction of sp³-hybridized carbons (Fsp3) is 0.286. The molecule has 0 aliphatic rings. The van der Waals surface area contributed by atoms with Crippen molar-refractivity contribution in [2.24, 2.45) is 5.73 Å². The van der Waals surface area contributed by atoms with E-state index in [2.05, 4.69) is 52.1 Å². The highest BCUT2D eigenvalue weighted by Crippen LogP contribution is 2.29. The van der Waals surface area contributed by atoms with Gasteiger partial charge in [0.15, 0.2) is 0 Å². The summed E-state index contributed by atoms with van der Waals surface area (Å²) < 4.78 is 1.10. The highest BCUT2D eigenvalue weighted by molar-refractivity contribution is 9.10. The second kappa shape index (κ2) is 6.86. The Kier molecular flexibility index (Phi) is 5.42. The molecule has 1 atom stereocenters. The first-order valence-electron chi connectivity index (χ1n) is 5.99. The summed E-state index contributed by atoms with van der Waals surface area (Å²) in [7, 11) is 2.09. The lowest BCUT2D eigenvalue weighted by atomic mass is 10.1. The van der Waals surface area contributed by atoms with Crippen molar-refractivity contribution < 1.29 is 0 Å². The van der Waals surface area contributed by atoms with Gasteiger partial charge in [0, 0.05) is 27.8 Å². The van der Waals surface area contributed by atoms with Crippen LogP contribution < -0.4 is 5.73 Å². The van der Waals surface area contributed by atoms with Crippen molar-refractivity contribution in [3.05, 3.63) is 55.6 Å².